The van der Waals surface area contributed by atoms with E-state index < -0.39 is 0 Å². The molecule has 0 aliphatic carbocycles. The molecular formula is C13H26N2O2. The van der Waals surface area contributed by atoms with Crippen molar-refractivity contribution >= 4 is 0 Å². The number of ether oxygens (including phenoxy) is 1. The van der Waals surface area contributed by atoms with Crippen LogP contribution in [0.4, 0.5) is 0 Å². The number of likely N-dealkylation sites (N-methyl/N-ethyl adjacent to an activating group) is 1. The van der Waals surface area contributed by atoms with Crippen molar-refractivity contribution in [2.24, 2.45) is 5.92 Å². The summed E-state index contributed by atoms with van der Waals surface area (Å²) in [6.07, 6.45) is 3.17. The Labute approximate surface area is 105 Å². The molecule has 0 aromatic rings. The summed E-state index contributed by atoms with van der Waals surface area (Å²) in [6, 6.07) is 0.530. The first-order valence-electron chi connectivity index (χ1n) is 6.79. The maximum Gasteiger partial charge on any atom is 0.0682 e. The summed E-state index contributed by atoms with van der Waals surface area (Å²) in [5.41, 5.74) is 0. The molecule has 2 fully saturated rings. The van der Waals surface area contributed by atoms with E-state index in [1.807, 2.05) is 0 Å². The molecule has 4 heteroatoms. The van der Waals surface area contributed by atoms with Gasteiger partial charge in [0.25, 0.3) is 0 Å². The van der Waals surface area contributed by atoms with E-state index in [9.17, 15) is 5.11 Å². The van der Waals surface area contributed by atoms with Crippen LogP contribution in [-0.2, 0) is 4.74 Å². The van der Waals surface area contributed by atoms with E-state index in [1.165, 1.54) is 12.8 Å². The molecule has 17 heavy (non-hydrogen) atoms. The Balaban J connectivity index is 1.84. The fraction of sp³-hybridized carbons (Fsp3) is 1.00. The van der Waals surface area contributed by atoms with Crippen molar-refractivity contribution in [1.29, 1.82) is 0 Å². The number of hydrogen-bond donors (Lipinski definition) is 1. The van der Waals surface area contributed by atoms with E-state index in [0.29, 0.717) is 6.04 Å². The second-order valence-corrected chi connectivity index (χ2v) is 5.82. The van der Waals surface area contributed by atoms with Crippen LogP contribution in [-0.4, -0.2) is 74.0 Å². The average molecular weight is 242 g/mol. The van der Waals surface area contributed by atoms with Crippen molar-refractivity contribution < 1.29 is 9.84 Å². The first kappa shape index (κ1) is 13.3. The molecule has 0 spiro atoms. The van der Waals surface area contributed by atoms with Crippen molar-refractivity contribution in [1.82, 2.24) is 9.80 Å². The first-order valence-corrected chi connectivity index (χ1v) is 6.79. The van der Waals surface area contributed by atoms with Crippen LogP contribution in [0.15, 0.2) is 0 Å². The number of aliphatic hydroxyl groups is 1. The third-order valence-electron chi connectivity index (χ3n) is 3.92. The smallest absolute Gasteiger partial charge is 0.0682 e. The molecule has 1 N–H and O–H groups in total. The molecule has 2 atom stereocenters. The zero-order chi connectivity index (χ0) is 12.3. The van der Waals surface area contributed by atoms with Crippen LogP contribution in [0.1, 0.15) is 19.3 Å². The lowest BCUT2D eigenvalue weighted by Crippen LogP contribution is -2.41. The molecule has 0 bridgehead atoms. The second-order valence-electron chi connectivity index (χ2n) is 5.82. The van der Waals surface area contributed by atoms with Crippen molar-refractivity contribution in [3.63, 3.8) is 0 Å². The van der Waals surface area contributed by atoms with Crippen LogP contribution >= 0.6 is 0 Å². The number of β-amino-alcohol motifs (C(OH)–C–C–N with tert-alkyl or cyclic N) is 1. The highest BCUT2D eigenvalue weighted by molar-refractivity contribution is 4.87. The topological polar surface area (TPSA) is 35.9 Å². The van der Waals surface area contributed by atoms with E-state index >= 15 is 0 Å². The average Bonchev–Trinajstić information content (AvgIpc) is 2.59. The highest BCUT2D eigenvalue weighted by Crippen LogP contribution is 2.23. The third kappa shape index (κ3) is 3.91. The standard InChI is InChI=1S/C13H26N2O2/c1-14(2)9-12-7-13(16)10-15(12)8-11-3-5-17-6-4-11/h11-13,16H,3-10H2,1-2H3. The molecule has 0 saturated carbocycles. The first-order chi connectivity index (χ1) is 8.15. The van der Waals surface area contributed by atoms with Crippen molar-refractivity contribution in [2.75, 3.05) is 46.9 Å². The van der Waals surface area contributed by atoms with E-state index in [2.05, 4.69) is 23.9 Å². The molecule has 2 aliphatic heterocycles. The van der Waals surface area contributed by atoms with Gasteiger partial charge in [0, 0.05) is 38.9 Å². The fourth-order valence-corrected chi connectivity index (χ4v) is 3.05. The van der Waals surface area contributed by atoms with Gasteiger partial charge in [-0.1, -0.05) is 0 Å². The Hall–Kier alpha value is -0.160. The summed E-state index contributed by atoms with van der Waals surface area (Å²) >= 11 is 0. The third-order valence-corrected chi connectivity index (χ3v) is 3.92. The highest BCUT2D eigenvalue weighted by atomic mass is 16.5. The fourth-order valence-electron chi connectivity index (χ4n) is 3.05. The van der Waals surface area contributed by atoms with E-state index in [-0.39, 0.29) is 6.10 Å². The monoisotopic (exact) mass is 242 g/mol. The maximum absolute atomic E-state index is 9.83. The van der Waals surface area contributed by atoms with Crippen molar-refractivity contribution in [2.45, 2.75) is 31.4 Å². The summed E-state index contributed by atoms with van der Waals surface area (Å²) in [4.78, 5) is 4.71. The lowest BCUT2D eigenvalue weighted by Gasteiger charge is -2.31. The molecular weight excluding hydrogens is 216 g/mol. The van der Waals surface area contributed by atoms with Gasteiger partial charge < -0.3 is 14.7 Å². The minimum Gasteiger partial charge on any atom is -0.392 e. The predicted octanol–water partition coefficient (Wildman–Crippen LogP) is 0.410. The summed E-state index contributed by atoms with van der Waals surface area (Å²) in [5, 5.41) is 9.83. The van der Waals surface area contributed by atoms with Crippen LogP contribution in [0.2, 0.25) is 0 Å². The van der Waals surface area contributed by atoms with Gasteiger partial charge in [0.2, 0.25) is 0 Å². The lowest BCUT2D eigenvalue weighted by molar-refractivity contribution is 0.0477. The van der Waals surface area contributed by atoms with Crippen LogP contribution < -0.4 is 0 Å². The minimum absolute atomic E-state index is 0.125. The van der Waals surface area contributed by atoms with Gasteiger partial charge in [-0.15, -0.1) is 0 Å². The Kier molecular flexibility index (Phi) is 4.79. The Morgan fingerprint density at radius 1 is 1.29 bits per heavy atom. The molecule has 2 saturated heterocycles. The number of hydrogen-bond acceptors (Lipinski definition) is 4. The number of aliphatic hydroxyl groups excluding tert-OH is 1. The molecule has 2 rings (SSSR count). The number of rotatable bonds is 4. The SMILES string of the molecule is CN(C)CC1CC(O)CN1CC1CCOCC1. The molecule has 0 aromatic carbocycles. The van der Waals surface area contributed by atoms with E-state index in [0.717, 1.165) is 45.2 Å². The number of likely N-dealkylation sites (tertiary alicyclic amines) is 1. The summed E-state index contributed by atoms with van der Waals surface area (Å²) in [7, 11) is 4.22. The largest absolute Gasteiger partial charge is 0.392 e. The Morgan fingerprint density at radius 2 is 2.00 bits per heavy atom. The van der Waals surface area contributed by atoms with Crippen LogP contribution in [0.3, 0.4) is 0 Å². The van der Waals surface area contributed by atoms with Gasteiger partial charge >= 0.3 is 0 Å². The lowest BCUT2D eigenvalue weighted by atomic mass is 9.99. The molecule has 2 heterocycles. The van der Waals surface area contributed by atoms with Crippen LogP contribution in [0, 0.1) is 5.92 Å². The Morgan fingerprint density at radius 3 is 2.65 bits per heavy atom. The van der Waals surface area contributed by atoms with Crippen molar-refractivity contribution in [3.05, 3.63) is 0 Å². The highest BCUT2D eigenvalue weighted by Gasteiger charge is 2.32. The van der Waals surface area contributed by atoms with Gasteiger partial charge in [-0.2, -0.15) is 0 Å². The van der Waals surface area contributed by atoms with Gasteiger partial charge in [0.05, 0.1) is 6.10 Å². The number of nitrogens with zero attached hydrogens (tertiary/aromatic N) is 2. The zero-order valence-corrected chi connectivity index (χ0v) is 11.1. The van der Waals surface area contributed by atoms with Gasteiger partial charge in [-0.3, -0.25) is 4.90 Å². The molecule has 4 nitrogen and oxygen atoms in total. The molecule has 0 radical (unpaired) electrons. The van der Waals surface area contributed by atoms with Gasteiger partial charge in [-0.05, 0) is 39.3 Å². The minimum atomic E-state index is -0.125. The van der Waals surface area contributed by atoms with Crippen LogP contribution in [0.5, 0.6) is 0 Å². The van der Waals surface area contributed by atoms with Crippen molar-refractivity contribution in [3.8, 4) is 0 Å². The molecule has 2 unspecified atom stereocenters. The van der Waals surface area contributed by atoms with Gasteiger partial charge in [-0.25, -0.2) is 0 Å². The van der Waals surface area contributed by atoms with Gasteiger partial charge in [0.15, 0.2) is 0 Å². The summed E-state index contributed by atoms with van der Waals surface area (Å²) in [5.74, 6) is 0.763. The summed E-state index contributed by atoms with van der Waals surface area (Å²) in [6.45, 7) is 4.88. The molecule has 100 valence electrons. The van der Waals surface area contributed by atoms with E-state index in [4.69, 9.17) is 4.74 Å². The second kappa shape index (κ2) is 6.14. The molecule has 0 aromatic heterocycles. The quantitative estimate of drug-likeness (QED) is 0.774. The maximum atomic E-state index is 9.83. The summed E-state index contributed by atoms with van der Waals surface area (Å²) < 4.78 is 5.40. The predicted molar refractivity (Wildman–Crippen MR) is 68.1 cm³/mol. The zero-order valence-electron chi connectivity index (χ0n) is 11.1. The Bertz CT molecular complexity index is 229. The van der Waals surface area contributed by atoms with E-state index in [1.54, 1.807) is 0 Å². The van der Waals surface area contributed by atoms with Crippen LogP contribution in [0.25, 0.3) is 0 Å². The normalized spacial score (nSPS) is 32.5. The van der Waals surface area contributed by atoms with Gasteiger partial charge in [0.1, 0.15) is 0 Å². The molecule has 0 amide bonds. The molecule has 2 aliphatic rings.